The lowest BCUT2D eigenvalue weighted by atomic mass is 10.0. The minimum absolute atomic E-state index is 0.280. The zero-order valence-electron chi connectivity index (χ0n) is 10.8. The van der Waals surface area contributed by atoms with Crippen LogP contribution in [0.4, 0.5) is 0 Å². The molecule has 0 amide bonds. The van der Waals surface area contributed by atoms with Crippen molar-refractivity contribution in [1.82, 2.24) is 4.90 Å². The highest BCUT2D eigenvalue weighted by atomic mass is 32.1. The summed E-state index contributed by atoms with van der Waals surface area (Å²) in [5, 5.41) is 3.65. The Morgan fingerprint density at radius 2 is 2.21 bits per heavy atom. The van der Waals surface area contributed by atoms with Crippen LogP contribution in [0.25, 0.3) is 10.1 Å². The molecule has 0 saturated carbocycles. The van der Waals surface area contributed by atoms with E-state index in [1.54, 1.807) is 0 Å². The summed E-state index contributed by atoms with van der Waals surface area (Å²) in [7, 11) is 0. The highest BCUT2D eigenvalue weighted by Crippen LogP contribution is 2.28. The minimum atomic E-state index is 0.280. The zero-order chi connectivity index (χ0) is 13.2. The molecule has 1 aromatic carbocycles. The molecule has 19 heavy (non-hydrogen) atoms. The number of thiophene rings is 1. The molecule has 4 heteroatoms. The topological polar surface area (TPSA) is 29.3 Å². The average Bonchev–Trinajstić information content (AvgIpc) is 2.83. The van der Waals surface area contributed by atoms with E-state index in [1.807, 2.05) is 11.3 Å². The average molecular weight is 290 g/mol. The number of fused-ring (bicyclic) bond motifs is 1. The van der Waals surface area contributed by atoms with Crippen molar-refractivity contribution in [3.05, 3.63) is 35.2 Å². The lowest BCUT2D eigenvalue weighted by Gasteiger charge is -2.34. The van der Waals surface area contributed by atoms with Gasteiger partial charge in [-0.15, -0.1) is 11.3 Å². The number of nitrogens with zero attached hydrogens (tertiary/aromatic N) is 1. The van der Waals surface area contributed by atoms with Gasteiger partial charge in [-0.05, 0) is 41.8 Å². The fourth-order valence-corrected chi connectivity index (χ4v) is 4.10. The third-order valence-electron chi connectivity index (χ3n) is 3.88. The SMILES string of the molecule is NC(=S)C1CCCCN1Cc1csc2ccccc12. The maximum atomic E-state index is 5.89. The molecule has 2 heterocycles. The van der Waals surface area contributed by atoms with Gasteiger partial charge in [0.05, 0.1) is 11.0 Å². The molecule has 0 radical (unpaired) electrons. The van der Waals surface area contributed by atoms with Crippen LogP contribution in [0.3, 0.4) is 0 Å². The van der Waals surface area contributed by atoms with Gasteiger partial charge in [-0.25, -0.2) is 0 Å². The van der Waals surface area contributed by atoms with Gasteiger partial charge in [0, 0.05) is 11.2 Å². The predicted molar refractivity (Wildman–Crippen MR) is 86.7 cm³/mol. The Morgan fingerprint density at radius 3 is 3.05 bits per heavy atom. The summed E-state index contributed by atoms with van der Waals surface area (Å²) in [4.78, 5) is 3.10. The van der Waals surface area contributed by atoms with Crippen LogP contribution < -0.4 is 5.73 Å². The van der Waals surface area contributed by atoms with Crippen LogP contribution in [0.15, 0.2) is 29.6 Å². The Morgan fingerprint density at radius 1 is 1.37 bits per heavy atom. The van der Waals surface area contributed by atoms with E-state index in [2.05, 4.69) is 34.5 Å². The van der Waals surface area contributed by atoms with Crippen molar-refractivity contribution < 1.29 is 0 Å². The van der Waals surface area contributed by atoms with E-state index in [0.29, 0.717) is 4.99 Å². The second-order valence-electron chi connectivity index (χ2n) is 5.14. The van der Waals surface area contributed by atoms with Crippen molar-refractivity contribution in [3.63, 3.8) is 0 Å². The number of rotatable bonds is 3. The number of nitrogens with two attached hydrogens (primary N) is 1. The summed E-state index contributed by atoms with van der Waals surface area (Å²) >= 11 is 7.04. The van der Waals surface area contributed by atoms with Crippen LogP contribution in [0.1, 0.15) is 24.8 Å². The van der Waals surface area contributed by atoms with Crippen molar-refractivity contribution in [2.75, 3.05) is 6.54 Å². The van der Waals surface area contributed by atoms with Crippen molar-refractivity contribution in [2.45, 2.75) is 31.8 Å². The second-order valence-corrected chi connectivity index (χ2v) is 6.52. The molecule has 3 rings (SSSR count). The van der Waals surface area contributed by atoms with Crippen molar-refractivity contribution >= 4 is 38.6 Å². The molecule has 1 aliphatic heterocycles. The molecule has 2 aromatic rings. The van der Waals surface area contributed by atoms with Gasteiger partial charge in [-0.1, -0.05) is 36.8 Å². The third kappa shape index (κ3) is 2.66. The van der Waals surface area contributed by atoms with E-state index in [-0.39, 0.29) is 6.04 Å². The van der Waals surface area contributed by atoms with Gasteiger partial charge in [0.15, 0.2) is 0 Å². The quantitative estimate of drug-likeness (QED) is 0.877. The Hall–Kier alpha value is -0.970. The van der Waals surface area contributed by atoms with E-state index < -0.39 is 0 Å². The van der Waals surface area contributed by atoms with Crippen molar-refractivity contribution in [2.24, 2.45) is 5.73 Å². The maximum Gasteiger partial charge on any atom is 0.0902 e. The monoisotopic (exact) mass is 290 g/mol. The van der Waals surface area contributed by atoms with Crippen LogP contribution in [0.2, 0.25) is 0 Å². The van der Waals surface area contributed by atoms with Crippen LogP contribution in [0, 0.1) is 0 Å². The van der Waals surface area contributed by atoms with E-state index in [1.165, 1.54) is 28.5 Å². The molecular weight excluding hydrogens is 272 g/mol. The molecule has 2 nitrogen and oxygen atoms in total. The largest absolute Gasteiger partial charge is 0.392 e. The van der Waals surface area contributed by atoms with Gasteiger partial charge in [0.1, 0.15) is 0 Å². The molecule has 2 N–H and O–H groups in total. The van der Waals surface area contributed by atoms with Gasteiger partial charge >= 0.3 is 0 Å². The normalized spacial score (nSPS) is 20.7. The van der Waals surface area contributed by atoms with E-state index in [9.17, 15) is 0 Å². The van der Waals surface area contributed by atoms with Crippen molar-refractivity contribution in [1.29, 1.82) is 0 Å². The molecule has 0 spiro atoms. The van der Waals surface area contributed by atoms with Gasteiger partial charge in [0.2, 0.25) is 0 Å². The minimum Gasteiger partial charge on any atom is -0.392 e. The summed E-state index contributed by atoms with van der Waals surface area (Å²) in [5.74, 6) is 0. The lowest BCUT2D eigenvalue weighted by molar-refractivity contribution is 0.185. The highest BCUT2D eigenvalue weighted by molar-refractivity contribution is 7.80. The molecule has 0 bridgehead atoms. The van der Waals surface area contributed by atoms with Crippen LogP contribution >= 0.6 is 23.6 Å². The van der Waals surface area contributed by atoms with Crippen LogP contribution in [0.5, 0.6) is 0 Å². The summed E-state index contributed by atoms with van der Waals surface area (Å²) < 4.78 is 1.36. The molecule has 0 aliphatic carbocycles. The summed E-state index contributed by atoms with van der Waals surface area (Å²) in [5.41, 5.74) is 7.30. The first-order valence-corrected chi connectivity index (χ1v) is 8.03. The maximum absolute atomic E-state index is 5.89. The summed E-state index contributed by atoms with van der Waals surface area (Å²) in [6.45, 7) is 2.07. The third-order valence-corrected chi connectivity index (χ3v) is 5.16. The Kier molecular flexibility index (Phi) is 3.82. The van der Waals surface area contributed by atoms with Crippen molar-refractivity contribution in [3.8, 4) is 0 Å². The lowest BCUT2D eigenvalue weighted by Crippen LogP contribution is -2.46. The van der Waals surface area contributed by atoms with Gasteiger partial charge in [0.25, 0.3) is 0 Å². The smallest absolute Gasteiger partial charge is 0.0902 e. The second kappa shape index (κ2) is 5.57. The fraction of sp³-hybridized carbons (Fsp3) is 0.400. The first-order valence-electron chi connectivity index (χ1n) is 6.74. The molecular formula is C15H18N2S2. The van der Waals surface area contributed by atoms with Crippen LogP contribution in [-0.2, 0) is 6.54 Å². The first-order chi connectivity index (χ1) is 9.25. The molecule has 1 unspecified atom stereocenters. The van der Waals surface area contributed by atoms with E-state index in [0.717, 1.165) is 19.5 Å². The number of likely N-dealkylation sites (tertiary alicyclic amines) is 1. The number of benzene rings is 1. The zero-order valence-corrected chi connectivity index (χ0v) is 12.5. The van der Waals surface area contributed by atoms with Gasteiger partial charge < -0.3 is 5.73 Å². The molecule has 1 saturated heterocycles. The summed E-state index contributed by atoms with van der Waals surface area (Å²) in [6.07, 6.45) is 3.60. The number of hydrogen-bond acceptors (Lipinski definition) is 3. The summed E-state index contributed by atoms with van der Waals surface area (Å²) in [6, 6.07) is 8.88. The Bertz CT molecular complexity index is 591. The number of thiocarbonyl (C=S) groups is 1. The molecule has 1 fully saturated rings. The van der Waals surface area contributed by atoms with Gasteiger partial charge in [-0.3, -0.25) is 4.90 Å². The highest BCUT2D eigenvalue weighted by Gasteiger charge is 2.25. The van der Waals surface area contributed by atoms with Gasteiger partial charge in [-0.2, -0.15) is 0 Å². The molecule has 1 atom stereocenters. The van der Waals surface area contributed by atoms with E-state index in [4.69, 9.17) is 18.0 Å². The molecule has 100 valence electrons. The Labute approximate surface area is 123 Å². The van der Waals surface area contributed by atoms with E-state index >= 15 is 0 Å². The first kappa shape index (κ1) is 13.0. The number of piperidine rings is 1. The number of hydrogen-bond donors (Lipinski definition) is 1. The Balaban J connectivity index is 1.85. The predicted octanol–water partition coefficient (Wildman–Crippen LogP) is 3.54. The molecule has 1 aromatic heterocycles. The fourth-order valence-electron chi connectivity index (χ4n) is 2.88. The van der Waals surface area contributed by atoms with Crippen LogP contribution in [-0.4, -0.2) is 22.5 Å². The standard InChI is InChI=1S/C15H18N2S2/c16-15(18)13-6-3-4-8-17(13)9-11-10-19-14-7-2-1-5-12(11)14/h1-2,5,7,10,13H,3-4,6,8-9H2,(H2,16,18). The molecule has 1 aliphatic rings.